The minimum atomic E-state index is -0.292. The number of aromatic nitrogens is 1. The molecular weight excluding hydrogens is 452 g/mol. The van der Waals surface area contributed by atoms with Gasteiger partial charge in [-0.2, -0.15) is 0 Å². The molecule has 0 aliphatic carbocycles. The molecule has 3 aromatic rings. The molecule has 0 radical (unpaired) electrons. The lowest BCUT2D eigenvalue weighted by molar-refractivity contribution is 0.0645. The fourth-order valence-corrected chi connectivity index (χ4v) is 4.26. The van der Waals surface area contributed by atoms with E-state index < -0.39 is 0 Å². The number of Topliss-reactive ketones (excluding diaryl/α,β-unsaturated/α-hetero) is 1. The normalized spacial score (nSPS) is 15.7. The SMILES string of the molecule is CC(c1ccc(C(=O)Cn2ccc(OCc3ccc(Cl)cc3)cc2=O)cc1)N1CCC(O)CC1. The van der Waals surface area contributed by atoms with Crippen LogP contribution in [-0.2, 0) is 13.2 Å². The quantitative estimate of drug-likeness (QED) is 0.481. The molecule has 1 unspecified atom stereocenters. The number of carbonyl (C=O) groups excluding carboxylic acids is 1. The number of aliphatic hydroxyl groups is 1. The Bertz CT molecular complexity index is 1170. The number of ketones is 1. The first-order chi connectivity index (χ1) is 16.4. The monoisotopic (exact) mass is 480 g/mol. The maximum atomic E-state index is 12.8. The van der Waals surface area contributed by atoms with Crippen LogP contribution in [0.25, 0.3) is 0 Å². The largest absolute Gasteiger partial charge is 0.489 e. The molecule has 0 spiro atoms. The molecule has 6 nitrogen and oxygen atoms in total. The second-order valence-electron chi connectivity index (χ2n) is 8.73. The first-order valence-corrected chi connectivity index (χ1v) is 11.9. The van der Waals surface area contributed by atoms with Crippen LogP contribution in [0.15, 0.2) is 71.7 Å². The van der Waals surface area contributed by atoms with Gasteiger partial charge < -0.3 is 14.4 Å². The number of carbonyl (C=O) groups is 1. The van der Waals surface area contributed by atoms with E-state index in [-0.39, 0.29) is 30.0 Å². The number of likely N-dealkylation sites (tertiary alicyclic amines) is 1. The number of hydrogen-bond acceptors (Lipinski definition) is 5. The van der Waals surface area contributed by atoms with Gasteiger partial charge in [-0.1, -0.05) is 48.0 Å². The number of piperidine rings is 1. The van der Waals surface area contributed by atoms with Crippen molar-refractivity contribution in [1.82, 2.24) is 9.47 Å². The van der Waals surface area contributed by atoms with E-state index in [0.29, 0.717) is 22.9 Å². The molecule has 0 saturated carbocycles. The first-order valence-electron chi connectivity index (χ1n) is 11.5. The van der Waals surface area contributed by atoms with Crippen LogP contribution in [0.3, 0.4) is 0 Å². The van der Waals surface area contributed by atoms with Crippen molar-refractivity contribution in [3.63, 3.8) is 0 Å². The number of ether oxygens (including phenoxy) is 1. The third-order valence-electron chi connectivity index (χ3n) is 6.36. The molecule has 1 saturated heterocycles. The van der Waals surface area contributed by atoms with Crippen molar-refractivity contribution in [3.05, 3.63) is 98.9 Å². The molecule has 1 aromatic heterocycles. The van der Waals surface area contributed by atoms with Crippen molar-refractivity contribution in [1.29, 1.82) is 0 Å². The van der Waals surface area contributed by atoms with Gasteiger partial charge in [-0.3, -0.25) is 14.5 Å². The summed E-state index contributed by atoms with van der Waals surface area (Å²) in [6.07, 6.45) is 2.97. The van der Waals surface area contributed by atoms with Gasteiger partial charge in [0.25, 0.3) is 5.56 Å². The van der Waals surface area contributed by atoms with E-state index in [9.17, 15) is 14.7 Å². The molecule has 1 aliphatic heterocycles. The highest BCUT2D eigenvalue weighted by atomic mass is 35.5. The lowest BCUT2D eigenvalue weighted by Crippen LogP contribution is -2.37. The van der Waals surface area contributed by atoms with Crippen LogP contribution in [-0.4, -0.2) is 39.6 Å². The number of pyridine rings is 1. The van der Waals surface area contributed by atoms with Gasteiger partial charge in [-0.05, 0) is 49.1 Å². The van der Waals surface area contributed by atoms with Crippen LogP contribution in [0.5, 0.6) is 5.75 Å². The Balaban J connectivity index is 1.34. The van der Waals surface area contributed by atoms with Crippen molar-refractivity contribution in [3.8, 4) is 5.75 Å². The Morgan fingerprint density at radius 2 is 1.76 bits per heavy atom. The predicted molar refractivity (Wildman–Crippen MR) is 132 cm³/mol. The van der Waals surface area contributed by atoms with Gasteiger partial charge in [0, 0.05) is 42.0 Å². The lowest BCUT2D eigenvalue weighted by Gasteiger charge is -2.34. The predicted octanol–water partition coefficient (Wildman–Crippen LogP) is 4.48. The minimum absolute atomic E-state index is 0.0325. The van der Waals surface area contributed by atoms with Crippen LogP contribution >= 0.6 is 11.6 Å². The molecule has 2 heterocycles. The summed E-state index contributed by atoms with van der Waals surface area (Å²) in [5.41, 5.74) is 2.35. The van der Waals surface area contributed by atoms with Crippen LogP contribution in [0, 0.1) is 0 Å². The molecule has 0 amide bonds. The van der Waals surface area contributed by atoms with E-state index >= 15 is 0 Å². The lowest BCUT2D eigenvalue weighted by atomic mass is 10.00. The highest BCUT2D eigenvalue weighted by Gasteiger charge is 2.22. The van der Waals surface area contributed by atoms with Crippen LogP contribution in [0.4, 0.5) is 0 Å². The highest BCUT2D eigenvalue weighted by molar-refractivity contribution is 6.30. The van der Waals surface area contributed by atoms with E-state index in [1.165, 1.54) is 10.6 Å². The molecule has 34 heavy (non-hydrogen) atoms. The molecule has 1 fully saturated rings. The Kier molecular flexibility index (Phi) is 7.83. The van der Waals surface area contributed by atoms with Crippen LogP contribution in [0.2, 0.25) is 5.02 Å². The maximum Gasteiger partial charge on any atom is 0.254 e. The molecule has 7 heteroatoms. The summed E-state index contributed by atoms with van der Waals surface area (Å²) in [7, 11) is 0. The summed E-state index contributed by atoms with van der Waals surface area (Å²) in [5.74, 6) is 0.324. The molecule has 4 rings (SSSR count). The Morgan fingerprint density at radius 3 is 2.41 bits per heavy atom. The second kappa shape index (κ2) is 11.0. The number of nitrogens with zero attached hydrogens (tertiary/aromatic N) is 2. The van der Waals surface area contributed by atoms with E-state index in [4.69, 9.17) is 16.3 Å². The minimum Gasteiger partial charge on any atom is -0.489 e. The fraction of sp³-hybridized carbons (Fsp3) is 0.333. The Labute approximate surface area is 204 Å². The van der Waals surface area contributed by atoms with Crippen molar-refractivity contribution in [2.45, 2.75) is 45.1 Å². The van der Waals surface area contributed by atoms with Gasteiger partial charge in [0.2, 0.25) is 0 Å². The summed E-state index contributed by atoms with van der Waals surface area (Å²) in [6, 6.07) is 18.2. The van der Waals surface area contributed by atoms with Gasteiger partial charge >= 0.3 is 0 Å². The number of hydrogen-bond donors (Lipinski definition) is 1. The zero-order valence-electron chi connectivity index (χ0n) is 19.2. The van der Waals surface area contributed by atoms with Gasteiger partial charge in [0.1, 0.15) is 12.4 Å². The molecule has 178 valence electrons. The molecule has 2 aromatic carbocycles. The van der Waals surface area contributed by atoms with Crippen molar-refractivity contribution in [2.24, 2.45) is 0 Å². The van der Waals surface area contributed by atoms with Gasteiger partial charge in [0.15, 0.2) is 5.78 Å². The molecule has 1 atom stereocenters. The first kappa shape index (κ1) is 24.2. The smallest absolute Gasteiger partial charge is 0.254 e. The standard InChI is InChI=1S/C27H29ClN2O4/c1-19(29-13-10-24(31)11-14-29)21-4-6-22(7-5-21)26(32)17-30-15-12-25(16-27(30)33)34-18-20-2-8-23(28)9-3-20/h2-9,12,15-16,19,24,31H,10-11,13-14,17-18H2,1H3. The fourth-order valence-electron chi connectivity index (χ4n) is 4.13. The number of aliphatic hydroxyl groups excluding tert-OH is 1. The van der Waals surface area contributed by atoms with Gasteiger partial charge in [0.05, 0.1) is 12.6 Å². The Morgan fingerprint density at radius 1 is 1.09 bits per heavy atom. The average molecular weight is 481 g/mol. The van der Waals surface area contributed by atoms with E-state index in [1.54, 1.807) is 24.4 Å². The highest BCUT2D eigenvalue weighted by Crippen LogP contribution is 2.24. The Hall–Kier alpha value is -2.93. The second-order valence-corrected chi connectivity index (χ2v) is 9.17. The molecule has 0 bridgehead atoms. The van der Waals surface area contributed by atoms with E-state index in [0.717, 1.165) is 37.1 Å². The third kappa shape index (κ3) is 6.14. The van der Waals surface area contributed by atoms with E-state index in [1.807, 2.05) is 36.4 Å². The molecular formula is C27H29ClN2O4. The van der Waals surface area contributed by atoms with Crippen LogP contribution < -0.4 is 10.3 Å². The number of rotatable bonds is 8. The van der Waals surface area contributed by atoms with Crippen molar-refractivity contribution < 1.29 is 14.6 Å². The topological polar surface area (TPSA) is 71.8 Å². The summed E-state index contributed by atoms with van der Waals surface area (Å²) in [5, 5.41) is 10.4. The summed E-state index contributed by atoms with van der Waals surface area (Å²) < 4.78 is 7.07. The van der Waals surface area contributed by atoms with Crippen molar-refractivity contribution >= 4 is 17.4 Å². The summed E-state index contributed by atoms with van der Waals surface area (Å²) in [4.78, 5) is 27.6. The summed E-state index contributed by atoms with van der Waals surface area (Å²) >= 11 is 5.89. The zero-order chi connectivity index (χ0) is 24.1. The summed E-state index contributed by atoms with van der Waals surface area (Å²) in [6.45, 7) is 4.17. The number of benzene rings is 2. The number of halogens is 1. The maximum absolute atomic E-state index is 12.8. The van der Waals surface area contributed by atoms with Crippen LogP contribution in [0.1, 0.15) is 47.3 Å². The van der Waals surface area contributed by atoms with E-state index in [2.05, 4.69) is 11.8 Å². The molecule has 1 N–H and O–H groups in total. The van der Waals surface area contributed by atoms with Gasteiger partial charge in [-0.15, -0.1) is 0 Å². The zero-order valence-corrected chi connectivity index (χ0v) is 19.9. The van der Waals surface area contributed by atoms with Gasteiger partial charge in [-0.25, -0.2) is 0 Å². The molecule has 1 aliphatic rings. The average Bonchev–Trinajstić information content (AvgIpc) is 2.85. The third-order valence-corrected chi connectivity index (χ3v) is 6.61. The van der Waals surface area contributed by atoms with Crippen molar-refractivity contribution in [2.75, 3.05) is 13.1 Å².